The van der Waals surface area contributed by atoms with Crippen molar-refractivity contribution in [3.8, 4) is 17.5 Å². The van der Waals surface area contributed by atoms with Crippen LogP contribution in [0.1, 0.15) is 30.3 Å². The van der Waals surface area contributed by atoms with Gasteiger partial charge < -0.3 is 14.4 Å². The average Bonchev–Trinajstić information content (AvgIpc) is 3.16. The first-order valence-electron chi connectivity index (χ1n) is 11.4. The molecule has 0 atom stereocenters. The molecule has 0 saturated heterocycles. The summed E-state index contributed by atoms with van der Waals surface area (Å²) in [6.45, 7) is 5.71. The maximum Gasteiger partial charge on any atom is 0.331 e. The van der Waals surface area contributed by atoms with E-state index in [1.165, 1.54) is 23.1 Å². The second-order valence-corrected chi connectivity index (χ2v) is 7.79. The van der Waals surface area contributed by atoms with Gasteiger partial charge in [-0.05, 0) is 75.4 Å². The molecule has 9 heteroatoms. The fourth-order valence-electron chi connectivity index (χ4n) is 3.59. The van der Waals surface area contributed by atoms with Crippen molar-refractivity contribution < 1.29 is 23.5 Å². The molecular formula is C27H27FN4O4. The van der Waals surface area contributed by atoms with E-state index in [0.717, 1.165) is 5.69 Å². The van der Waals surface area contributed by atoms with Crippen molar-refractivity contribution in [3.05, 3.63) is 77.4 Å². The Bertz CT molecular complexity index is 1270. The van der Waals surface area contributed by atoms with Crippen LogP contribution in [-0.4, -0.2) is 41.4 Å². The summed E-state index contributed by atoms with van der Waals surface area (Å²) in [7, 11) is 0. The third kappa shape index (κ3) is 6.57. The number of carbonyl (C=O) groups excluding carboxylic acids is 2. The molecule has 0 bridgehead atoms. The molecule has 0 saturated carbocycles. The number of carbonyl (C=O) groups is 2. The molecule has 0 fully saturated rings. The number of nitrogens with zero attached hydrogens (tertiary/aromatic N) is 4. The lowest BCUT2D eigenvalue weighted by atomic mass is 10.2. The molecule has 0 radical (unpaired) electrons. The lowest BCUT2D eigenvalue weighted by Crippen LogP contribution is -2.35. The first-order valence-corrected chi connectivity index (χ1v) is 11.4. The normalized spacial score (nSPS) is 10.8. The number of halogens is 1. The zero-order valence-corrected chi connectivity index (χ0v) is 20.4. The van der Waals surface area contributed by atoms with E-state index in [-0.39, 0.29) is 18.8 Å². The van der Waals surface area contributed by atoms with E-state index >= 15 is 0 Å². The van der Waals surface area contributed by atoms with E-state index in [4.69, 9.17) is 14.7 Å². The molecule has 8 nitrogen and oxygen atoms in total. The summed E-state index contributed by atoms with van der Waals surface area (Å²) >= 11 is 0. The van der Waals surface area contributed by atoms with Crippen molar-refractivity contribution in [1.82, 2.24) is 9.78 Å². The van der Waals surface area contributed by atoms with Crippen molar-refractivity contribution in [2.75, 3.05) is 24.7 Å². The van der Waals surface area contributed by atoms with E-state index in [0.29, 0.717) is 35.0 Å². The van der Waals surface area contributed by atoms with E-state index in [1.807, 2.05) is 19.9 Å². The van der Waals surface area contributed by atoms with E-state index < -0.39 is 18.5 Å². The summed E-state index contributed by atoms with van der Waals surface area (Å²) in [5.74, 6) is -0.818. The molecular weight excluding hydrogens is 463 g/mol. The minimum absolute atomic E-state index is 0.128. The largest absolute Gasteiger partial charge is 0.494 e. The Morgan fingerprint density at radius 3 is 2.47 bits per heavy atom. The van der Waals surface area contributed by atoms with Gasteiger partial charge in [0.25, 0.3) is 5.91 Å². The summed E-state index contributed by atoms with van der Waals surface area (Å²) in [4.78, 5) is 26.5. The Balaban J connectivity index is 1.65. The van der Waals surface area contributed by atoms with Gasteiger partial charge in [-0.15, -0.1) is 0 Å². The molecule has 2 aromatic carbocycles. The SMILES string of the molecule is CCOc1ccc(N(CCC#N)C(=O)COC(=O)/C=C/c2c(C)nn(-c3ccc(F)cc3)c2C)cc1. The highest BCUT2D eigenvalue weighted by atomic mass is 19.1. The van der Waals surface area contributed by atoms with Gasteiger partial charge in [0, 0.05) is 29.6 Å². The van der Waals surface area contributed by atoms with Crippen LogP contribution in [0.3, 0.4) is 0 Å². The van der Waals surface area contributed by atoms with Crippen molar-refractivity contribution in [1.29, 1.82) is 5.26 Å². The predicted octanol–water partition coefficient (Wildman–Crippen LogP) is 4.53. The molecule has 1 amide bonds. The maximum atomic E-state index is 13.2. The van der Waals surface area contributed by atoms with Crippen LogP contribution in [0.5, 0.6) is 5.75 Å². The summed E-state index contributed by atoms with van der Waals surface area (Å²) in [5, 5.41) is 13.4. The number of benzene rings is 2. The Morgan fingerprint density at radius 2 is 1.83 bits per heavy atom. The van der Waals surface area contributed by atoms with Gasteiger partial charge in [-0.3, -0.25) is 4.79 Å². The van der Waals surface area contributed by atoms with E-state index in [2.05, 4.69) is 5.10 Å². The van der Waals surface area contributed by atoms with Gasteiger partial charge in [-0.1, -0.05) is 0 Å². The van der Waals surface area contributed by atoms with Crippen LogP contribution in [0.15, 0.2) is 54.6 Å². The third-order valence-corrected chi connectivity index (χ3v) is 5.35. The first kappa shape index (κ1) is 26.2. The van der Waals surface area contributed by atoms with Gasteiger partial charge in [0.1, 0.15) is 11.6 Å². The number of hydrogen-bond acceptors (Lipinski definition) is 6. The first-order chi connectivity index (χ1) is 17.3. The molecule has 1 aromatic heterocycles. The third-order valence-electron chi connectivity index (χ3n) is 5.35. The molecule has 0 unspecified atom stereocenters. The lowest BCUT2D eigenvalue weighted by molar-refractivity contribution is -0.142. The number of esters is 1. The number of ether oxygens (including phenoxy) is 2. The number of amides is 1. The Labute approximate surface area is 209 Å². The highest BCUT2D eigenvalue weighted by Gasteiger charge is 2.18. The van der Waals surface area contributed by atoms with Gasteiger partial charge in [-0.25, -0.2) is 13.9 Å². The molecule has 1 heterocycles. The summed E-state index contributed by atoms with van der Waals surface area (Å²) < 4.78 is 25.5. The zero-order valence-electron chi connectivity index (χ0n) is 20.4. The number of rotatable bonds is 10. The van der Waals surface area contributed by atoms with Crippen LogP contribution >= 0.6 is 0 Å². The molecule has 0 spiro atoms. The highest BCUT2D eigenvalue weighted by molar-refractivity contribution is 5.96. The van der Waals surface area contributed by atoms with Crippen molar-refractivity contribution in [2.24, 2.45) is 0 Å². The smallest absolute Gasteiger partial charge is 0.331 e. The Hall–Kier alpha value is -4.45. The second-order valence-electron chi connectivity index (χ2n) is 7.79. The van der Waals surface area contributed by atoms with Crippen LogP contribution in [-0.2, 0) is 14.3 Å². The number of anilines is 1. The predicted molar refractivity (Wildman–Crippen MR) is 133 cm³/mol. The van der Waals surface area contributed by atoms with Crippen LogP contribution < -0.4 is 9.64 Å². The van der Waals surface area contributed by atoms with Crippen molar-refractivity contribution in [3.63, 3.8) is 0 Å². The molecule has 3 aromatic rings. The highest BCUT2D eigenvalue weighted by Crippen LogP contribution is 2.21. The van der Waals surface area contributed by atoms with Crippen LogP contribution in [0.4, 0.5) is 10.1 Å². The van der Waals surface area contributed by atoms with E-state index in [9.17, 15) is 14.0 Å². The molecule has 3 rings (SSSR count). The standard InChI is InChI=1S/C27H27FN4O4/c1-4-35-24-12-10-22(11-13-24)31(17-5-16-29)26(33)18-36-27(34)15-14-25-19(2)30-32(20(25)3)23-8-6-21(28)7-9-23/h6-15H,4-5,17-18H2,1-3H3/b15-14+. The number of aromatic nitrogens is 2. The average molecular weight is 491 g/mol. The monoisotopic (exact) mass is 490 g/mol. The van der Waals surface area contributed by atoms with Gasteiger partial charge >= 0.3 is 5.97 Å². The zero-order chi connectivity index (χ0) is 26.1. The topological polar surface area (TPSA) is 97.4 Å². The van der Waals surface area contributed by atoms with Crippen LogP contribution in [0, 0.1) is 31.0 Å². The quantitative estimate of drug-likeness (QED) is 0.306. The summed E-state index contributed by atoms with van der Waals surface area (Å²) in [6.07, 6.45) is 2.93. The Kier molecular flexibility index (Phi) is 8.95. The Morgan fingerprint density at radius 1 is 1.14 bits per heavy atom. The number of hydrogen-bond donors (Lipinski definition) is 0. The van der Waals surface area contributed by atoms with Gasteiger partial charge in [0.15, 0.2) is 6.61 Å². The van der Waals surface area contributed by atoms with Crippen molar-refractivity contribution in [2.45, 2.75) is 27.2 Å². The van der Waals surface area contributed by atoms with Gasteiger partial charge in [0.2, 0.25) is 0 Å². The van der Waals surface area contributed by atoms with Gasteiger partial charge in [0.05, 0.1) is 30.5 Å². The maximum absolute atomic E-state index is 13.2. The number of nitriles is 1. The molecule has 0 N–H and O–H groups in total. The van der Waals surface area contributed by atoms with Crippen LogP contribution in [0.2, 0.25) is 0 Å². The van der Waals surface area contributed by atoms with Gasteiger partial charge in [-0.2, -0.15) is 10.4 Å². The molecule has 0 aliphatic carbocycles. The molecule has 36 heavy (non-hydrogen) atoms. The second kappa shape index (κ2) is 12.3. The fourth-order valence-corrected chi connectivity index (χ4v) is 3.59. The van der Waals surface area contributed by atoms with Crippen molar-refractivity contribution >= 4 is 23.6 Å². The molecule has 186 valence electrons. The fraction of sp³-hybridized carbons (Fsp3) is 0.259. The minimum Gasteiger partial charge on any atom is -0.494 e. The summed E-state index contributed by atoms with van der Waals surface area (Å²) in [5.41, 5.74) is 3.42. The minimum atomic E-state index is -0.691. The molecule has 0 aliphatic rings. The number of aryl methyl sites for hydroxylation is 1. The summed E-state index contributed by atoms with van der Waals surface area (Å²) in [6, 6.07) is 14.8. The van der Waals surface area contributed by atoms with Crippen LogP contribution in [0.25, 0.3) is 11.8 Å². The molecule has 0 aliphatic heterocycles. The van der Waals surface area contributed by atoms with E-state index in [1.54, 1.807) is 54.1 Å². The lowest BCUT2D eigenvalue weighted by Gasteiger charge is -2.21.